The molecule has 0 amide bonds. The van der Waals surface area contributed by atoms with E-state index in [1.165, 1.54) is 9.13 Å². The smallest absolute Gasteiger partial charge is 0.333 e. The van der Waals surface area contributed by atoms with E-state index >= 15 is 0 Å². The zero-order valence-corrected chi connectivity index (χ0v) is 20.1. The molecular weight excluding hydrogens is 454 g/mol. The van der Waals surface area contributed by atoms with Gasteiger partial charge < -0.3 is 10.6 Å². The van der Waals surface area contributed by atoms with Crippen LogP contribution in [0.4, 0.5) is 5.95 Å². The van der Waals surface area contributed by atoms with Crippen LogP contribution in [0.2, 0.25) is 0 Å². The van der Waals surface area contributed by atoms with Crippen molar-refractivity contribution in [3.63, 3.8) is 0 Å². The van der Waals surface area contributed by atoms with E-state index < -0.39 is 11.2 Å². The fourth-order valence-electron chi connectivity index (χ4n) is 4.97. The van der Waals surface area contributed by atoms with Crippen LogP contribution in [0.1, 0.15) is 25.3 Å². The van der Waals surface area contributed by atoms with E-state index in [-0.39, 0.29) is 36.8 Å². The summed E-state index contributed by atoms with van der Waals surface area (Å²) in [5.41, 5.74) is 6.53. The van der Waals surface area contributed by atoms with Crippen LogP contribution < -0.4 is 21.9 Å². The molecule has 0 bridgehead atoms. The normalized spacial score (nSPS) is 15.6. The molecule has 2 N–H and O–H groups in total. The van der Waals surface area contributed by atoms with Crippen molar-refractivity contribution < 1.29 is 0 Å². The van der Waals surface area contributed by atoms with Gasteiger partial charge in [0.15, 0.2) is 11.2 Å². The molecule has 182 valence electrons. The number of rotatable bonds is 5. The molecule has 1 unspecified atom stereocenters. The predicted octanol–water partition coefficient (Wildman–Crippen LogP) is 2.04. The zero-order chi connectivity index (χ0) is 25.2. The summed E-state index contributed by atoms with van der Waals surface area (Å²) in [7, 11) is 0. The SMILES string of the molecule is CC#CCn1c(N2CCCC(N)C2)nc2c1c(=O)n(Cc1cccc3ccccc13)c(=O)n2CC#N. The van der Waals surface area contributed by atoms with Crippen LogP contribution in [0.15, 0.2) is 52.1 Å². The maximum Gasteiger partial charge on any atom is 0.333 e. The van der Waals surface area contributed by atoms with Crippen molar-refractivity contribution >= 4 is 27.9 Å². The molecule has 1 fully saturated rings. The second kappa shape index (κ2) is 9.73. The quantitative estimate of drug-likeness (QED) is 0.436. The summed E-state index contributed by atoms with van der Waals surface area (Å²) in [4.78, 5) is 34.2. The molecule has 0 radical (unpaired) electrons. The van der Waals surface area contributed by atoms with Crippen molar-refractivity contribution in [2.24, 2.45) is 5.73 Å². The molecule has 9 nitrogen and oxygen atoms in total. The first-order valence-corrected chi connectivity index (χ1v) is 12.0. The van der Waals surface area contributed by atoms with E-state index in [4.69, 9.17) is 10.7 Å². The molecule has 36 heavy (non-hydrogen) atoms. The minimum atomic E-state index is -0.560. The van der Waals surface area contributed by atoms with Crippen molar-refractivity contribution in [1.29, 1.82) is 5.26 Å². The molecule has 9 heteroatoms. The van der Waals surface area contributed by atoms with Crippen LogP contribution in [0.25, 0.3) is 21.9 Å². The largest absolute Gasteiger partial charge is 0.341 e. The fourth-order valence-corrected chi connectivity index (χ4v) is 4.97. The second-order valence-corrected chi connectivity index (χ2v) is 9.00. The lowest BCUT2D eigenvalue weighted by Gasteiger charge is -2.31. The molecule has 1 atom stereocenters. The first-order chi connectivity index (χ1) is 17.5. The third-order valence-electron chi connectivity index (χ3n) is 6.69. The number of imidazole rings is 1. The lowest BCUT2D eigenvalue weighted by Crippen LogP contribution is -2.44. The molecule has 1 aliphatic rings. The summed E-state index contributed by atoms with van der Waals surface area (Å²) in [5.74, 6) is 6.47. The standard InChI is InChI=1S/C27H27N7O2/c1-2-3-15-32-23-24(30-26(32)31-14-7-11-21(29)18-31)33(16-13-28)27(36)34(25(23)35)17-20-10-6-9-19-8-4-5-12-22(19)20/h4-6,8-10,12,21H,7,11,14-18,29H2,1H3. The van der Waals surface area contributed by atoms with Gasteiger partial charge in [-0.2, -0.15) is 10.2 Å². The maximum absolute atomic E-state index is 13.9. The Morgan fingerprint density at radius 2 is 1.89 bits per heavy atom. The Hall–Kier alpha value is -4.34. The molecule has 5 rings (SSSR count). The highest BCUT2D eigenvalue weighted by molar-refractivity contribution is 5.85. The number of nitriles is 1. The Morgan fingerprint density at radius 1 is 1.08 bits per heavy atom. The molecule has 0 aliphatic carbocycles. The summed E-state index contributed by atoms with van der Waals surface area (Å²) in [6.07, 6.45) is 1.82. The molecule has 1 saturated heterocycles. The summed E-state index contributed by atoms with van der Waals surface area (Å²) >= 11 is 0. The zero-order valence-electron chi connectivity index (χ0n) is 20.1. The van der Waals surface area contributed by atoms with E-state index in [0.29, 0.717) is 12.5 Å². The van der Waals surface area contributed by atoms with E-state index in [1.807, 2.05) is 47.4 Å². The Balaban J connectivity index is 1.77. The minimum absolute atomic E-state index is 0.00593. The predicted molar refractivity (Wildman–Crippen MR) is 140 cm³/mol. The molecule has 0 saturated carbocycles. The van der Waals surface area contributed by atoms with Gasteiger partial charge >= 0.3 is 5.69 Å². The van der Waals surface area contributed by atoms with Gasteiger partial charge in [0, 0.05) is 19.1 Å². The molecular formula is C27H27N7O2. The third-order valence-corrected chi connectivity index (χ3v) is 6.69. The summed E-state index contributed by atoms with van der Waals surface area (Å²) in [5, 5.41) is 11.5. The van der Waals surface area contributed by atoms with Crippen LogP contribution in [0.3, 0.4) is 0 Å². The van der Waals surface area contributed by atoms with Gasteiger partial charge in [-0.3, -0.25) is 18.5 Å². The number of nitrogens with zero attached hydrogens (tertiary/aromatic N) is 6. The monoisotopic (exact) mass is 481 g/mol. The number of aromatic nitrogens is 4. The van der Waals surface area contributed by atoms with Crippen LogP contribution in [-0.4, -0.2) is 37.8 Å². The van der Waals surface area contributed by atoms with Crippen LogP contribution >= 0.6 is 0 Å². The van der Waals surface area contributed by atoms with Crippen LogP contribution in [-0.2, 0) is 19.6 Å². The average molecular weight is 482 g/mol. The summed E-state index contributed by atoms with van der Waals surface area (Å²) in [6.45, 7) is 3.16. The number of benzene rings is 2. The highest BCUT2D eigenvalue weighted by atomic mass is 16.2. The molecule has 1 aliphatic heterocycles. The van der Waals surface area contributed by atoms with Gasteiger partial charge in [-0.25, -0.2) is 4.79 Å². The van der Waals surface area contributed by atoms with Gasteiger partial charge in [-0.1, -0.05) is 48.4 Å². The van der Waals surface area contributed by atoms with Crippen molar-refractivity contribution in [2.75, 3.05) is 18.0 Å². The number of anilines is 1. The van der Waals surface area contributed by atoms with Gasteiger partial charge in [-0.15, -0.1) is 5.92 Å². The first-order valence-electron chi connectivity index (χ1n) is 12.0. The van der Waals surface area contributed by atoms with E-state index in [2.05, 4.69) is 17.9 Å². The second-order valence-electron chi connectivity index (χ2n) is 9.00. The van der Waals surface area contributed by atoms with Crippen molar-refractivity contribution in [3.8, 4) is 17.9 Å². The van der Waals surface area contributed by atoms with Gasteiger partial charge in [0.05, 0.1) is 19.2 Å². The molecule has 3 heterocycles. The average Bonchev–Trinajstić information content (AvgIpc) is 3.27. The van der Waals surface area contributed by atoms with Crippen molar-refractivity contribution in [3.05, 3.63) is 68.9 Å². The van der Waals surface area contributed by atoms with E-state index in [0.717, 1.165) is 35.7 Å². The number of piperidine rings is 1. The Bertz CT molecular complexity index is 1670. The Labute approximate surface area is 208 Å². The number of nitrogens with two attached hydrogens (primary N) is 1. The van der Waals surface area contributed by atoms with Gasteiger partial charge in [0.2, 0.25) is 5.95 Å². The van der Waals surface area contributed by atoms with Gasteiger partial charge in [0.1, 0.15) is 6.54 Å². The highest BCUT2D eigenvalue weighted by Crippen LogP contribution is 2.24. The van der Waals surface area contributed by atoms with Gasteiger partial charge in [-0.05, 0) is 36.1 Å². The highest BCUT2D eigenvalue weighted by Gasteiger charge is 2.27. The third kappa shape index (κ3) is 4.04. The summed E-state index contributed by atoms with van der Waals surface area (Å²) < 4.78 is 4.24. The topological polar surface area (TPSA) is 115 Å². The molecule has 4 aromatic rings. The molecule has 0 spiro atoms. The van der Waals surface area contributed by atoms with Gasteiger partial charge in [0.25, 0.3) is 5.56 Å². The Kier molecular flexibility index (Phi) is 6.32. The number of fused-ring (bicyclic) bond motifs is 2. The van der Waals surface area contributed by atoms with E-state index in [1.54, 1.807) is 11.5 Å². The van der Waals surface area contributed by atoms with E-state index in [9.17, 15) is 14.9 Å². The first kappa shape index (κ1) is 23.4. The van der Waals surface area contributed by atoms with Crippen molar-refractivity contribution in [2.45, 2.75) is 45.4 Å². The number of hydrogen-bond acceptors (Lipinski definition) is 6. The minimum Gasteiger partial charge on any atom is -0.341 e. The fraction of sp³-hybridized carbons (Fsp3) is 0.333. The lowest BCUT2D eigenvalue weighted by atomic mass is 10.0. The lowest BCUT2D eigenvalue weighted by molar-refractivity contribution is 0.496. The Morgan fingerprint density at radius 3 is 2.67 bits per heavy atom. The van der Waals surface area contributed by atoms with Crippen LogP contribution in [0.5, 0.6) is 0 Å². The maximum atomic E-state index is 13.9. The summed E-state index contributed by atoms with van der Waals surface area (Å²) in [6, 6.07) is 15.7. The van der Waals surface area contributed by atoms with Crippen molar-refractivity contribution in [1.82, 2.24) is 18.7 Å². The van der Waals surface area contributed by atoms with Crippen LogP contribution in [0, 0.1) is 23.2 Å². The number of hydrogen-bond donors (Lipinski definition) is 1. The molecule has 2 aromatic carbocycles. The molecule has 2 aromatic heterocycles.